The summed E-state index contributed by atoms with van der Waals surface area (Å²) in [5.74, 6) is 1.05. The molecular formula is C14H26N2O. The predicted molar refractivity (Wildman–Crippen MR) is 72.0 cm³/mol. The monoisotopic (exact) mass is 238 g/mol. The van der Waals surface area contributed by atoms with Gasteiger partial charge in [0.2, 0.25) is 0 Å². The Morgan fingerprint density at radius 3 is 2.65 bits per heavy atom. The van der Waals surface area contributed by atoms with Crippen LogP contribution < -0.4 is 5.32 Å². The molecule has 0 bridgehead atoms. The van der Waals surface area contributed by atoms with Crippen LogP contribution in [0.2, 0.25) is 0 Å². The van der Waals surface area contributed by atoms with Crippen molar-refractivity contribution in [2.24, 2.45) is 5.41 Å². The summed E-state index contributed by atoms with van der Waals surface area (Å²) in [7, 11) is 2.02. The lowest BCUT2D eigenvalue weighted by atomic mass is 9.86. The van der Waals surface area contributed by atoms with Crippen LogP contribution in [-0.2, 0) is 6.54 Å². The first-order valence-corrected chi connectivity index (χ1v) is 6.53. The topological polar surface area (TPSA) is 28.4 Å². The Bertz CT molecular complexity index is 297. The van der Waals surface area contributed by atoms with Crippen molar-refractivity contribution in [3.05, 3.63) is 24.2 Å². The third-order valence-corrected chi connectivity index (χ3v) is 3.47. The van der Waals surface area contributed by atoms with E-state index in [1.807, 2.05) is 19.2 Å². The van der Waals surface area contributed by atoms with E-state index in [-0.39, 0.29) is 0 Å². The molecule has 3 heteroatoms. The maximum atomic E-state index is 5.42. The standard InChI is InChI=1S/C14H26N2O/c1-5-14(3,11-15-4)12-16(6-2)10-13-8-7-9-17-13/h7-9,15H,5-6,10-12H2,1-4H3. The van der Waals surface area contributed by atoms with Gasteiger partial charge in [0.25, 0.3) is 0 Å². The molecule has 0 saturated carbocycles. The lowest BCUT2D eigenvalue weighted by Gasteiger charge is -2.34. The molecule has 0 aliphatic rings. The first-order valence-electron chi connectivity index (χ1n) is 6.53. The number of furan rings is 1. The fourth-order valence-corrected chi connectivity index (χ4v) is 2.16. The van der Waals surface area contributed by atoms with Crippen LogP contribution >= 0.6 is 0 Å². The van der Waals surface area contributed by atoms with Crippen LogP contribution in [0.4, 0.5) is 0 Å². The Hall–Kier alpha value is -0.800. The molecule has 17 heavy (non-hydrogen) atoms. The minimum atomic E-state index is 0.331. The number of nitrogens with one attached hydrogen (secondary N) is 1. The Labute approximate surface area is 105 Å². The molecule has 0 aliphatic heterocycles. The minimum Gasteiger partial charge on any atom is -0.468 e. The summed E-state index contributed by atoms with van der Waals surface area (Å²) in [4.78, 5) is 2.44. The van der Waals surface area contributed by atoms with Crippen molar-refractivity contribution < 1.29 is 4.42 Å². The maximum absolute atomic E-state index is 5.42. The van der Waals surface area contributed by atoms with Gasteiger partial charge in [-0.25, -0.2) is 0 Å². The van der Waals surface area contributed by atoms with Crippen molar-refractivity contribution in [2.45, 2.75) is 33.7 Å². The minimum absolute atomic E-state index is 0.331. The molecule has 1 atom stereocenters. The van der Waals surface area contributed by atoms with E-state index >= 15 is 0 Å². The predicted octanol–water partition coefficient (Wildman–Crippen LogP) is 2.74. The summed E-state index contributed by atoms with van der Waals surface area (Å²) in [6.45, 7) is 10.9. The van der Waals surface area contributed by atoms with Gasteiger partial charge in [-0.15, -0.1) is 0 Å². The number of rotatable bonds is 8. The highest BCUT2D eigenvalue weighted by Crippen LogP contribution is 2.22. The lowest BCUT2D eigenvalue weighted by molar-refractivity contribution is 0.149. The van der Waals surface area contributed by atoms with Crippen LogP contribution in [0, 0.1) is 5.41 Å². The Kier molecular flexibility index (Phi) is 5.72. The van der Waals surface area contributed by atoms with Crippen LogP contribution in [0.25, 0.3) is 0 Å². The normalized spacial score (nSPS) is 15.1. The summed E-state index contributed by atoms with van der Waals surface area (Å²) in [6, 6.07) is 4.00. The summed E-state index contributed by atoms with van der Waals surface area (Å²) in [5.41, 5.74) is 0.331. The highest BCUT2D eigenvalue weighted by molar-refractivity contribution is 4.98. The van der Waals surface area contributed by atoms with Gasteiger partial charge in [-0.1, -0.05) is 20.8 Å². The largest absolute Gasteiger partial charge is 0.468 e. The number of hydrogen-bond acceptors (Lipinski definition) is 3. The average molecular weight is 238 g/mol. The molecule has 1 aromatic rings. The molecule has 0 radical (unpaired) electrons. The van der Waals surface area contributed by atoms with Gasteiger partial charge in [-0.05, 0) is 37.6 Å². The van der Waals surface area contributed by atoms with Crippen LogP contribution in [0.5, 0.6) is 0 Å². The van der Waals surface area contributed by atoms with E-state index in [0.29, 0.717) is 5.41 Å². The smallest absolute Gasteiger partial charge is 0.117 e. The summed E-state index contributed by atoms with van der Waals surface area (Å²) < 4.78 is 5.42. The first kappa shape index (κ1) is 14.3. The average Bonchev–Trinajstić information content (AvgIpc) is 2.81. The zero-order valence-corrected chi connectivity index (χ0v) is 11.6. The molecule has 1 aromatic heterocycles. The molecule has 0 spiro atoms. The number of hydrogen-bond donors (Lipinski definition) is 1. The van der Waals surface area contributed by atoms with Crippen LogP contribution in [0.1, 0.15) is 33.0 Å². The zero-order chi connectivity index (χ0) is 12.7. The van der Waals surface area contributed by atoms with Gasteiger partial charge in [-0.3, -0.25) is 4.90 Å². The second-order valence-electron chi connectivity index (χ2n) is 5.08. The maximum Gasteiger partial charge on any atom is 0.117 e. The van der Waals surface area contributed by atoms with E-state index in [4.69, 9.17) is 4.42 Å². The van der Waals surface area contributed by atoms with Gasteiger partial charge in [0.1, 0.15) is 5.76 Å². The first-order chi connectivity index (χ1) is 8.13. The lowest BCUT2D eigenvalue weighted by Crippen LogP contribution is -2.40. The van der Waals surface area contributed by atoms with Crippen molar-refractivity contribution in [3.63, 3.8) is 0 Å². The molecule has 0 aromatic carbocycles. The van der Waals surface area contributed by atoms with Crippen molar-refractivity contribution in [3.8, 4) is 0 Å². The molecule has 98 valence electrons. The Morgan fingerprint density at radius 1 is 1.41 bits per heavy atom. The Balaban J connectivity index is 2.55. The van der Waals surface area contributed by atoms with Crippen molar-refractivity contribution >= 4 is 0 Å². The second-order valence-corrected chi connectivity index (χ2v) is 5.08. The van der Waals surface area contributed by atoms with E-state index in [2.05, 4.69) is 31.0 Å². The molecule has 0 amide bonds. The molecule has 1 heterocycles. The van der Waals surface area contributed by atoms with E-state index < -0.39 is 0 Å². The van der Waals surface area contributed by atoms with Crippen molar-refractivity contribution in [2.75, 3.05) is 26.7 Å². The van der Waals surface area contributed by atoms with Gasteiger partial charge >= 0.3 is 0 Å². The Morgan fingerprint density at radius 2 is 2.18 bits per heavy atom. The van der Waals surface area contributed by atoms with E-state index in [0.717, 1.165) is 31.9 Å². The second kappa shape index (κ2) is 6.82. The third kappa shape index (κ3) is 4.52. The van der Waals surface area contributed by atoms with E-state index in [1.165, 1.54) is 6.42 Å². The van der Waals surface area contributed by atoms with Crippen molar-refractivity contribution in [1.29, 1.82) is 0 Å². The van der Waals surface area contributed by atoms with Gasteiger partial charge in [-0.2, -0.15) is 0 Å². The summed E-state index contributed by atoms with van der Waals surface area (Å²) >= 11 is 0. The van der Waals surface area contributed by atoms with Crippen LogP contribution in [0.3, 0.4) is 0 Å². The number of nitrogens with zero attached hydrogens (tertiary/aromatic N) is 1. The fourth-order valence-electron chi connectivity index (χ4n) is 2.16. The molecule has 0 aliphatic carbocycles. The van der Waals surface area contributed by atoms with Gasteiger partial charge in [0.15, 0.2) is 0 Å². The molecule has 0 saturated heterocycles. The summed E-state index contributed by atoms with van der Waals surface area (Å²) in [5, 5.41) is 3.30. The van der Waals surface area contributed by atoms with Gasteiger partial charge in [0.05, 0.1) is 12.8 Å². The molecule has 1 rings (SSSR count). The molecule has 3 nitrogen and oxygen atoms in total. The van der Waals surface area contributed by atoms with E-state index in [9.17, 15) is 0 Å². The van der Waals surface area contributed by atoms with Gasteiger partial charge < -0.3 is 9.73 Å². The highest BCUT2D eigenvalue weighted by Gasteiger charge is 2.24. The third-order valence-electron chi connectivity index (χ3n) is 3.47. The zero-order valence-electron chi connectivity index (χ0n) is 11.6. The quantitative estimate of drug-likeness (QED) is 0.755. The molecule has 1 N–H and O–H groups in total. The fraction of sp³-hybridized carbons (Fsp3) is 0.714. The molecular weight excluding hydrogens is 212 g/mol. The van der Waals surface area contributed by atoms with E-state index in [1.54, 1.807) is 6.26 Å². The van der Waals surface area contributed by atoms with Crippen LogP contribution in [0.15, 0.2) is 22.8 Å². The molecule has 1 unspecified atom stereocenters. The molecule has 0 fully saturated rings. The summed E-state index contributed by atoms with van der Waals surface area (Å²) in [6.07, 6.45) is 2.93. The van der Waals surface area contributed by atoms with Gasteiger partial charge in [0, 0.05) is 13.1 Å². The SMILES string of the molecule is CCN(Cc1ccco1)CC(C)(CC)CNC. The van der Waals surface area contributed by atoms with Crippen molar-refractivity contribution in [1.82, 2.24) is 10.2 Å². The highest BCUT2D eigenvalue weighted by atomic mass is 16.3. The van der Waals surface area contributed by atoms with Crippen LogP contribution in [-0.4, -0.2) is 31.6 Å².